The van der Waals surface area contributed by atoms with Crippen LogP contribution in [0.4, 0.5) is 0 Å². The first kappa shape index (κ1) is 10.7. The summed E-state index contributed by atoms with van der Waals surface area (Å²) in [5.74, 6) is 0. The average molecular weight is 268 g/mol. The highest BCUT2D eigenvalue weighted by atomic mass is 79.9. The second-order valence-corrected chi connectivity index (χ2v) is 3.49. The maximum Gasteiger partial charge on any atom is 0.269 e. The molecular weight excluding hydrogens is 259 g/mol. The van der Waals surface area contributed by atoms with E-state index in [4.69, 9.17) is 16.3 Å². The van der Waals surface area contributed by atoms with Crippen molar-refractivity contribution in [1.82, 2.24) is 9.55 Å². The topological polar surface area (TPSA) is 44.1 Å². The molecule has 1 rings (SSSR count). The molecule has 0 atom stereocenters. The van der Waals surface area contributed by atoms with Crippen LogP contribution in [0.3, 0.4) is 0 Å². The minimum Gasteiger partial charge on any atom is -0.383 e. The molecule has 0 unspecified atom stereocenters. The Morgan fingerprint density at radius 1 is 1.77 bits per heavy atom. The summed E-state index contributed by atoms with van der Waals surface area (Å²) in [6.45, 7) is 0.938. The van der Waals surface area contributed by atoms with E-state index in [9.17, 15) is 4.79 Å². The minimum absolute atomic E-state index is 0.179. The fraction of sp³-hybridized carbons (Fsp3) is 0.429. The number of hydrogen-bond acceptors (Lipinski definition) is 3. The van der Waals surface area contributed by atoms with Crippen molar-refractivity contribution in [3.63, 3.8) is 0 Å². The summed E-state index contributed by atoms with van der Waals surface area (Å²) in [6.07, 6.45) is 1.40. The van der Waals surface area contributed by atoms with Crippen molar-refractivity contribution in [2.75, 3.05) is 13.7 Å². The Hall–Kier alpha value is -0.390. The van der Waals surface area contributed by atoms with Gasteiger partial charge in [0.2, 0.25) is 0 Å². The van der Waals surface area contributed by atoms with Crippen molar-refractivity contribution in [3.05, 3.63) is 26.3 Å². The summed E-state index contributed by atoms with van der Waals surface area (Å²) in [4.78, 5) is 15.2. The van der Waals surface area contributed by atoms with Crippen LogP contribution in [0.1, 0.15) is 0 Å². The predicted octanol–water partition coefficient (Wildman–Crippen LogP) is 1.31. The Morgan fingerprint density at radius 2 is 2.46 bits per heavy atom. The molecular formula is C7H8BrClN2O2. The van der Waals surface area contributed by atoms with Crippen molar-refractivity contribution in [1.29, 1.82) is 0 Å². The third-order valence-electron chi connectivity index (χ3n) is 1.48. The van der Waals surface area contributed by atoms with E-state index in [-0.39, 0.29) is 15.2 Å². The lowest BCUT2D eigenvalue weighted by atomic mass is 10.6. The summed E-state index contributed by atoms with van der Waals surface area (Å²) < 4.78 is 6.55. The summed E-state index contributed by atoms with van der Waals surface area (Å²) in [7, 11) is 1.57. The molecule has 0 aliphatic heterocycles. The van der Waals surface area contributed by atoms with Gasteiger partial charge in [-0.05, 0) is 15.9 Å². The first-order valence-electron chi connectivity index (χ1n) is 3.56. The van der Waals surface area contributed by atoms with Crippen molar-refractivity contribution >= 4 is 27.5 Å². The Bertz CT molecular complexity index is 353. The second-order valence-electron chi connectivity index (χ2n) is 2.34. The molecule has 72 valence electrons. The lowest BCUT2D eigenvalue weighted by Gasteiger charge is -2.04. The largest absolute Gasteiger partial charge is 0.383 e. The monoisotopic (exact) mass is 266 g/mol. The molecule has 1 aromatic rings. The van der Waals surface area contributed by atoms with E-state index in [0.717, 1.165) is 0 Å². The molecule has 0 radical (unpaired) electrons. The van der Waals surface area contributed by atoms with Crippen molar-refractivity contribution in [3.8, 4) is 0 Å². The average Bonchev–Trinajstić information content (AvgIpc) is 2.13. The molecule has 0 saturated carbocycles. The highest BCUT2D eigenvalue weighted by Gasteiger charge is 2.05. The molecule has 0 amide bonds. The molecule has 13 heavy (non-hydrogen) atoms. The molecule has 1 heterocycles. The van der Waals surface area contributed by atoms with Crippen LogP contribution in [0.25, 0.3) is 0 Å². The van der Waals surface area contributed by atoms with Gasteiger partial charge in [0, 0.05) is 7.11 Å². The van der Waals surface area contributed by atoms with E-state index in [1.807, 2.05) is 0 Å². The number of nitrogens with zero attached hydrogens (tertiary/aromatic N) is 2. The van der Waals surface area contributed by atoms with E-state index in [1.165, 1.54) is 10.9 Å². The highest BCUT2D eigenvalue weighted by molar-refractivity contribution is 9.10. The lowest BCUT2D eigenvalue weighted by molar-refractivity contribution is 0.186. The Morgan fingerprint density at radius 3 is 3.08 bits per heavy atom. The molecule has 0 N–H and O–H groups in total. The fourth-order valence-corrected chi connectivity index (χ4v) is 1.25. The molecule has 6 heteroatoms. The molecule has 0 bridgehead atoms. The zero-order valence-corrected chi connectivity index (χ0v) is 9.30. The van der Waals surface area contributed by atoms with Crippen LogP contribution in [0.5, 0.6) is 0 Å². The van der Waals surface area contributed by atoms with Gasteiger partial charge in [-0.3, -0.25) is 9.36 Å². The number of aromatic nitrogens is 2. The van der Waals surface area contributed by atoms with Crippen LogP contribution in [0, 0.1) is 0 Å². The Kier molecular flexibility index (Phi) is 3.90. The van der Waals surface area contributed by atoms with Crippen LogP contribution < -0.4 is 5.56 Å². The number of ether oxygens (including phenoxy) is 1. The van der Waals surface area contributed by atoms with Crippen LogP contribution in [0.15, 0.2) is 15.6 Å². The van der Waals surface area contributed by atoms with Crippen molar-refractivity contribution in [2.45, 2.75) is 6.54 Å². The molecule has 0 aliphatic carbocycles. The maximum atomic E-state index is 11.4. The van der Waals surface area contributed by atoms with Gasteiger partial charge in [-0.25, -0.2) is 4.98 Å². The smallest absolute Gasteiger partial charge is 0.269 e. The predicted molar refractivity (Wildman–Crippen MR) is 53.1 cm³/mol. The summed E-state index contributed by atoms with van der Waals surface area (Å²) in [5, 5.41) is 0.179. The molecule has 0 fully saturated rings. The highest BCUT2D eigenvalue weighted by Crippen LogP contribution is 2.13. The van der Waals surface area contributed by atoms with Gasteiger partial charge in [0.15, 0.2) is 5.15 Å². The summed E-state index contributed by atoms with van der Waals surface area (Å²) in [6, 6.07) is 0. The van der Waals surface area contributed by atoms with Crippen LogP contribution in [-0.4, -0.2) is 23.3 Å². The summed E-state index contributed by atoms with van der Waals surface area (Å²) >= 11 is 8.67. The zero-order chi connectivity index (χ0) is 9.84. The molecule has 0 spiro atoms. The number of halogens is 2. The maximum absolute atomic E-state index is 11.4. The fourth-order valence-electron chi connectivity index (χ4n) is 0.793. The van der Waals surface area contributed by atoms with Crippen LogP contribution in [0.2, 0.25) is 5.15 Å². The molecule has 0 aromatic carbocycles. The zero-order valence-electron chi connectivity index (χ0n) is 6.96. The molecule has 0 saturated heterocycles. The molecule has 0 aliphatic rings. The van der Waals surface area contributed by atoms with Crippen molar-refractivity contribution < 1.29 is 4.74 Å². The standard InChI is InChI=1S/C7H8BrClN2O2/c1-13-3-2-11-4-10-6(9)5(8)7(11)12/h4H,2-3H2,1H3. The van der Waals surface area contributed by atoms with E-state index in [2.05, 4.69) is 20.9 Å². The SMILES string of the molecule is COCCn1cnc(Cl)c(Br)c1=O. The van der Waals surface area contributed by atoms with E-state index < -0.39 is 0 Å². The third kappa shape index (κ3) is 2.52. The van der Waals surface area contributed by atoms with Gasteiger partial charge < -0.3 is 4.74 Å². The first-order chi connectivity index (χ1) is 6.16. The van der Waals surface area contributed by atoms with Gasteiger partial charge in [-0.2, -0.15) is 0 Å². The lowest BCUT2D eigenvalue weighted by Crippen LogP contribution is -2.23. The molecule has 1 aromatic heterocycles. The Balaban J connectivity index is 2.97. The first-order valence-corrected chi connectivity index (χ1v) is 4.73. The number of rotatable bonds is 3. The quantitative estimate of drug-likeness (QED) is 0.776. The van der Waals surface area contributed by atoms with E-state index in [1.54, 1.807) is 7.11 Å². The van der Waals surface area contributed by atoms with Crippen molar-refractivity contribution in [2.24, 2.45) is 0 Å². The molecule has 4 nitrogen and oxygen atoms in total. The van der Waals surface area contributed by atoms with E-state index in [0.29, 0.717) is 13.2 Å². The van der Waals surface area contributed by atoms with Gasteiger partial charge in [0.1, 0.15) is 4.47 Å². The van der Waals surface area contributed by atoms with Gasteiger partial charge >= 0.3 is 0 Å². The number of hydrogen-bond donors (Lipinski definition) is 0. The third-order valence-corrected chi connectivity index (χ3v) is 2.71. The van der Waals surface area contributed by atoms with Gasteiger partial charge in [0.25, 0.3) is 5.56 Å². The van der Waals surface area contributed by atoms with Gasteiger partial charge in [0.05, 0.1) is 19.5 Å². The summed E-state index contributed by atoms with van der Waals surface area (Å²) in [5.41, 5.74) is -0.197. The Labute approximate surface area is 88.6 Å². The van der Waals surface area contributed by atoms with Gasteiger partial charge in [-0.15, -0.1) is 0 Å². The van der Waals surface area contributed by atoms with E-state index >= 15 is 0 Å². The van der Waals surface area contributed by atoms with Crippen LogP contribution in [-0.2, 0) is 11.3 Å². The van der Waals surface area contributed by atoms with Gasteiger partial charge in [-0.1, -0.05) is 11.6 Å². The van der Waals surface area contributed by atoms with Crippen LogP contribution >= 0.6 is 27.5 Å². The minimum atomic E-state index is -0.197. The second kappa shape index (κ2) is 4.74. The normalized spacial score (nSPS) is 10.4. The number of methoxy groups -OCH3 is 1.